The number of rotatable bonds is 0. The maximum atomic E-state index is 4.38. The fraction of sp³-hybridized carbons (Fsp3) is 0.875. The zero-order valence-corrected chi connectivity index (χ0v) is 5.98. The van der Waals surface area contributed by atoms with Gasteiger partial charge in [0.2, 0.25) is 0 Å². The topological polar surface area (TPSA) is 12.4 Å². The molecule has 1 spiro atoms. The van der Waals surface area contributed by atoms with E-state index in [1.54, 1.807) is 0 Å². The van der Waals surface area contributed by atoms with Crippen LogP contribution in [-0.2, 0) is 0 Å². The van der Waals surface area contributed by atoms with Gasteiger partial charge < -0.3 is 0 Å². The van der Waals surface area contributed by atoms with Gasteiger partial charge in [0.05, 0.1) is 0 Å². The van der Waals surface area contributed by atoms with Gasteiger partial charge in [-0.1, -0.05) is 0 Å². The first kappa shape index (κ1) is 5.45. The average molecular weight is 123 g/mol. The van der Waals surface area contributed by atoms with E-state index in [4.69, 9.17) is 0 Å². The molecule has 0 N–H and O–H groups in total. The highest BCUT2D eigenvalue weighted by Crippen LogP contribution is 2.53. The lowest BCUT2D eigenvalue weighted by Gasteiger charge is -2.18. The average Bonchev–Trinajstić information content (AvgIpc) is 2.49. The van der Waals surface area contributed by atoms with Crippen LogP contribution in [0.1, 0.15) is 32.6 Å². The molecule has 9 heavy (non-hydrogen) atoms. The predicted octanol–water partition coefficient (Wildman–Crippen LogP) is 2.02. The Hall–Kier alpha value is -0.330. The molecular weight excluding hydrogens is 110 g/mol. The van der Waals surface area contributed by atoms with E-state index < -0.39 is 0 Å². The van der Waals surface area contributed by atoms with Crippen molar-refractivity contribution in [3.05, 3.63) is 0 Å². The van der Waals surface area contributed by atoms with Crippen molar-refractivity contribution >= 4 is 5.71 Å². The van der Waals surface area contributed by atoms with Gasteiger partial charge >= 0.3 is 0 Å². The fourth-order valence-electron chi connectivity index (χ4n) is 1.77. The Kier molecular flexibility index (Phi) is 0.961. The van der Waals surface area contributed by atoms with E-state index in [-0.39, 0.29) is 0 Å². The summed E-state index contributed by atoms with van der Waals surface area (Å²) in [4.78, 5) is 4.38. The van der Waals surface area contributed by atoms with E-state index in [9.17, 15) is 0 Å². The molecule has 1 fully saturated rings. The smallest absolute Gasteiger partial charge is 0.0393 e. The van der Waals surface area contributed by atoms with E-state index in [2.05, 4.69) is 11.9 Å². The number of hydrogen-bond donors (Lipinski definition) is 0. The van der Waals surface area contributed by atoms with Crippen molar-refractivity contribution < 1.29 is 0 Å². The number of hydrogen-bond acceptors (Lipinski definition) is 1. The standard InChI is InChI=1S/C8H13N/c1-7-6-8(2-3-8)4-5-9-7/h2-6H2,1H3. The van der Waals surface area contributed by atoms with Crippen molar-refractivity contribution in [2.75, 3.05) is 6.54 Å². The number of nitrogens with zero attached hydrogens (tertiary/aromatic N) is 1. The molecule has 1 heteroatoms. The first-order valence-electron chi connectivity index (χ1n) is 3.81. The SMILES string of the molecule is CC1=NCCC2(CC2)C1. The molecule has 2 aliphatic rings. The minimum absolute atomic E-state index is 0.770. The van der Waals surface area contributed by atoms with Crippen LogP contribution in [0.2, 0.25) is 0 Å². The van der Waals surface area contributed by atoms with E-state index in [0.29, 0.717) is 0 Å². The summed E-state index contributed by atoms with van der Waals surface area (Å²) in [6.45, 7) is 3.27. The van der Waals surface area contributed by atoms with Gasteiger partial charge in [0.25, 0.3) is 0 Å². The van der Waals surface area contributed by atoms with Crippen LogP contribution in [0, 0.1) is 5.41 Å². The van der Waals surface area contributed by atoms with Crippen LogP contribution < -0.4 is 0 Å². The molecular formula is C8H13N. The lowest BCUT2D eigenvalue weighted by molar-refractivity contribution is 0.474. The molecule has 1 nitrogen and oxygen atoms in total. The van der Waals surface area contributed by atoms with Gasteiger partial charge in [-0.3, -0.25) is 4.99 Å². The summed E-state index contributed by atoms with van der Waals surface area (Å²) in [6, 6.07) is 0. The third-order valence-corrected chi connectivity index (χ3v) is 2.61. The van der Waals surface area contributed by atoms with Gasteiger partial charge in [-0.05, 0) is 38.0 Å². The zero-order chi connectivity index (χ0) is 6.32. The third-order valence-electron chi connectivity index (χ3n) is 2.61. The van der Waals surface area contributed by atoms with Crippen molar-refractivity contribution in [3.8, 4) is 0 Å². The Morgan fingerprint density at radius 3 is 2.56 bits per heavy atom. The molecule has 0 bridgehead atoms. The highest BCUT2D eigenvalue weighted by Gasteiger charge is 2.43. The maximum Gasteiger partial charge on any atom is 0.0393 e. The van der Waals surface area contributed by atoms with Crippen molar-refractivity contribution in [1.82, 2.24) is 0 Å². The second-order valence-corrected chi connectivity index (χ2v) is 3.54. The van der Waals surface area contributed by atoms with Crippen molar-refractivity contribution in [2.24, 2.45) is 10.4 Å². The molecule has 0 unspecified atom stereocenters. The van der Waals surface area contributed by atoms with Crippen LogP contribution in [0.5, 0.6) is 0 Å². The minimum Gasteiger partial charge on any atom is -0.294 e. The molecule has 50 valence electrons. The van der Waals surface area contributed by atoms with Crippen LogP contribution in [0.4, 0.5) is 0 Å². The van der Waals surface area contributed by atoms with Gasteiger partial charge in [-0.2, -0.15) is 0 Å². The molecule has 1 aliphatic carbocycles. The van der Waals surface area contributed by atoms with E-state index in [1.165, 1.54) is 31.4 Å². The van der Waals surface area contributed by atoms with Gasteiger partial charge in [-0.25, -0.2) is 0 Å². The molecule has 2 rings (SSSR count). The summed E-state index contributed by atoms with van der Waals surface area (Å²) in [5, 5.41) is 0. The maximum absolute atomic E-state index is 4.38. The molecule has 0 aromatic carbocycles. The molecule has 1 saturated carbocycles. The molecule has 0 aromatic heterocycles. The van der Waals surface area contributed by atoms with E-state index >= 15 is 0 Å². The summed E-state index contributed by atoms with van der Waals surface area (Å²) < 4.78 is 0. The first-order valence-corrected chi connectivity index (χ1v) is 3.81. The molecule has 0 saturated heterocycles. The lowest BCUT2D eigenvalue weighted by Crippen LogP contribution is -2.14. The highest BCUT2D eigenvalue weighted by atomic mass is 14.8. The Morgan fingerprint density at radius 2 is 2.11 bits per heavy atom. The fourth-order valence-corrected chi connectivity index (χ4v) is 1.77. The van der Waals surface area contributed by atoms with Crippen molar-refractivity contribution in [1.29, 1.82) is 0 Å². The molecule has 0 atom stereocenters. The Bertz CT molecular complexity index is 154. The normalized spacial score (nSPS) is 30.1. The summed E-state index contributed by atoms with van der Waals surface area (Å²) in [5.74, 6) is 0. The van der Waals surface area contributed by atoms with Gasteiger partial charge in [0.1, 0.15) is 0 Å². The highest BCUT2D eigenvalue weighted by molar-refractivity contribution is 5.83. The zero-order valence-electron chi connectivity index (χ0n) is 5.98. The second-order valence-electron chi connectivity index (χ2n) is 3.54. The Labute approximate surface area is 56.2 Å². The van der Waals surface area contributed by atoms with Crippen LogP contribution in [0.25, 0.3) is 0 Å². The van der Waals surface area contributed by atoms with Crippen LogP contribution >= 0.6 is 0 Å². The Balaban J connectivity index is 2.10. The quantitative estimate of drug-likeness (QED) is 0.467. The monoisotopic (exact) mass is 123 g/mol. The van der Waals surface area contributed by atoms with Gasteiger partial charge in [-0.15, -0.1) is 0 Å². The molecule has 1 heterocycles. The van der Waals surface area contributed by atoms with E-state index in [1.807, 2.05) is 0 Å². The predicted molar refractivity (Wildman–Crippen MR) is 38.9 cm³/mol. The van der Waals surface area contributed by atoms with Crippen LogP contribution in [-0.4, -0.2) is 12.3 Å². The van der Waals surface area contributed by atoms with Crippen molar-refractivity contribution in [2.45, 2.75) is 32.6 Å². The molecule has 1 aliphatic heterocycles. The molecule has 0 amide bonds. The van der Waals surface area contributed by atoms with Crippen molar-refractivity contribution in [3.63, 3.8) is 0 Å². The molecule has 0 radical (unpaired) electrons. The van der Waals surface area contributed by atoms with Gasteiger partial charge in [0, 0.05) is 12.3 Å². The van der Waals surface area contributed by atoms with Gasteiger partial charge in [0.15, 0.2) is 0 Å². The summed E-state index contributed by atoms with van der Waals surface area (Å²) in [5.41, 5.74) is 2.16. The Morgan fingerprint density at radius 1 is 1.33 bits per heavy atom. The van der Waals surface area contributed by atoms with Crippen LogP contribution in [0.15, 0.2) is 4.99 Å². The second kappa shape index (κ2) is 1.59. The first-order chi connectivity index (χ1) is 4.31. The third kappa shape index (κ3) is 0.887. The van der Waals surface area contributed by atoms with E-state index in [0.717, 1.165) is 12.0 Å². The summed E-state index contributed by atoms with van der Waals surface area (Å²) in [6.07, 6.45) is 5.61. The van der Waals surface area contributed by atoms with Crippen LogP contribution in [0.3, 0.4) is 0 Å². The molecule has 0 aromatic rings. The minimum atomic E-state index is 0.770. The number of aliphatic imine (C=N–C) groups is 1. The summed E-state index contributed by atoms with van der Waals surface area (Å²) >= 11 is 0. The summed E-state index contributed by atoms with van der Waals surface area (Å²) in [7, 11) is 0. The lowest BCUT2D eigenvalue weighted by atomic mass is 9.93. The largest absolute Gasteiger partial charge is 0.294 e.